The fourth-order valence-corrected chi connectivity index (χ4v) is 4.49. The Morgan fingerprint density at radius 2 is 1.77 bits per heavy atom. The highest BCUT2D eigenvalue weighted by Gasteiger charge is 2.29. The predicted octanol–water partition coefficient (Wildman–Crippen LogP) is 3.76. The molecule has 2 unspecified atom stereocenters. The maximum atomic E-state index is 13.3. The lowest BCUT2D eigenvalue weighted by Gasteiger charge is -2.36. The summed E-state index contributed by atoms with van der Waals surface area (Å²) in [6, 6.07) is 12.4. The molecule has 3 heterocycles. The van der Waals surface area contributed by atoms with E-state index in [0.29, 0.717) is 11.8 Å². The van der Waals surface area contributed by atoms with E-state index in [4.69, 9.17) is 0 Å². The summed E-state index contributed by atoms with van der Waals surface area (Å²) in [6.07, 6.45) is 4.00. The van der Waals surface area contributed by atoms with Gasteiger partial charge in [0.25, 0.3) is 5.91 Å². The van der Waals surface area contributed by atoms with Gasteiger partial charge in [-0.25, -0.2) is 4.98 Å². The van der Waals surface area contributed by atoms with Crippen LogP contribution in [0.25, 0.3) is 0 Å². The minimum atomic E-state index is 0.130. The second kappa shape index (κ2) is 7.10. The molecule has 4 nitrogen and oxygen atoms in total. The molecule has 0 bridgehead atoms. The number of fused-ring (bicyclic) bond motifs is 1. The minimum Gasteiger partial charge on any atom is -0.351 e. The molecule has 2 aliphatic rings. The van der Waals surface area contributed by atoms with E-state index in [-0.39, 0.29) is 5.91 Å². The summed E-state index contributed by atoms with van der Waals surface area (Å²) in [5, 5.41) is 0. The maximum Gasteiger partial charge on any atom is 0.257 e. The van der Waals surface area contributed by atoms with E-state index in [1.54, 1.807) is 6.20 Å². The number of nitrogens with zero attached hydrogens (tertiary/aromatic N) is 3. The van der Waals surface area contributed by atoms with Gasteiger partial charge in [0, 0.05) is 32.4 Å². The largest absolute Gasteiger partial charge is 0.351 e. The highest BCUT2D eigenvalue weighted by molar-refractivity contribution is 5.99. The van der Waals surface area contributed by atoms with Crippen LogP contribution in [-0.2, 0) is 13.0 Å². The van der Waals surface area contributed by atoms with E-state index in [0.717, 1.165) is 44.0 Å². The molecule has 26 heavy (non-hydrogen) atoms. The zero-order chi connectivity index (χ0) is 18.1. The van der Waals surface area contributed by atoms with Gasteiger partial charge in [-0.3, -0.25) is 4.79 Å². The fourth-order valence-electron chi connectivity index (χ4n) is 4.49. The SMILES string of the molecule is CC1CC(C)CN(C(=O)c2cccnc2N2CCc3ccccc3C2)C1. The van der Waals surface area contributed by atoms with Gasteiger partial charge in [-0.1, -0.05) is 38.1 Å². The summed E-state index contributed by atoms with van der Waals surface area (Å²) in [7, 11) is 0. The molecule has 1 amide bonds. The third kappa shape index (κ3) is 3.33. The molecular formula is C22H27N3O. The van der Waals surface area contributed by atoms with Gasteiger partial charge in [-0.15, -0.1) is 0 Å². The van der Waals surface area contributed by atoms with Crippen molar-refractivity contribution in [3.05, 3.63) is 59.3 Å². The number of anilines is 1. The number of hydrogen-bond donors (Lipinski definition) is 0. The molecule has 0 saturated carbocycles. The van der Waals surface area contributed by atoms with E-state index in [1.807, 2.05) is 17.0 Å². The number of aromatic nitrogens is 1. The average molecular weight is 349 g/mol. The standard InChI is InChI=1S/C22H27N3O/c1-16-12-17(2)14-25(13-16)22(26)20-8-5-10-23-21(20)24-11-9-18-6-3-4-7-19(18)15-24/h3-8,10,16-17H,9,11-15H2,1-2H3. The van der Waals surface area contributed by atoms with Gasteiger partial charge < -0.3 is 9.80 Å². The number of likely N-dealkylation sites (tertiary alicyclic amines) is 1. The van der Waals surface area contributed by atoms with Crippen molar-refractivity contribution < 1.29 is 4.79 Å². The molecule has 2 aliphatic heterocycles. The van der Waals surface area contributed by atoms with Gasteiger partial charge in [-0.05, 0) is 47.9 Å². The van der Waals surface area contributed by atoms with Gasteiger partial charge in [0.2, 0.25) is 0 Å². The fraction of sp³-hybridized carbons (Fsp3) is 0.455. The Hall–Kier alpha value is -2.36. The van der Waals surface area contributed by atoms with E-state index in [9.17, 15) is 4.79 Å². The van der Waals surface area contributed by atoms with Crippen LogP contribution >= 0.6 is 0 Å². The van der Waals surface area contributed by atoms with Crippen LogP contribution < -0.4 is 4.90 Å². The van der Waals surface area contributed by atoms with Crippen LogP contribution in [0.2, 0.25) is 0 Å². The number of benzene rings is 1. The molecule has 0 aliphatic carbocycles. The Bertz CT molecular complexity index is 793. The smallest absolute Gasteiger partial charge is 0.257 e. The third-order valence-electron chi connectivity index (χ3n) is 5.60. The molecule has 4 heteroatoms. The van der Waals surface area contributed by atoms with Crippen LogP contribution in [0.3, 0.4) is 0 Å². The Balaban J connectivity index is 1.60. The van der Waals surface area contributed by atoms with Gasteiger partial charge in [0.15, 0.2) is 0 Å². The summed E-state index contributed by atoms with van der Waals surface area (Å²) < 4.78 is 0. The lowest BCUT2D eigenvalue weighted by atomic mass is 9.91. The molecule has 1 saturated heterocycles. The van der Waals surface area contributed by atoms with Crippen molar-refractivity contribution in [1.29, 1.82) is 0 Å². The lowest BCUT2D eigenvalue weighted by Crippen LogP contribution is -2.43. The van der Waals surface area contributed by atoms with E-state index < -0.39 is 0 Å². The quantitative estimate of drug-likeness (QED) is 0.828. The van der Waals surface area contributed by atoms with Crippen molar-refractivity contribution in [2.75, 3.05) is 24.5 Å². The summed E-state index contributed by atoms with van der Waals surface area (Å²) in [4.78, 5) is 22.1. The third-order valence-corrected chi connectivity index (χ3v) is 5.60. The first-order valence-electron chi connectivity index (χ1n) is 9.68. The number of hydrogen-bond acceptors (Lipinski definition) is 3. The second-order valence-corrected chi connectivity index (χ2v) is 7.97. The molecular weight excluding hydrogens is 322 g/mol. The molecule has 4 rings (SSSR count). The van der Waals surface area contributed by atoms with E-state index >= 15 is 0 Å². The Labute approximate surface area is 155 Å². The average Bonchev–Trinajstić information content (AvgIpc) is 2.66. The first-order chi connectivity index (χ1) is 12.6. The van der Waals surface area contributed by atoms with Crippen LogP contribution in [-0.4, -0.2) is 35.4 Å². The summed E-state index contributed by atoms with van der Waals surface area (Å²) in [6.45, 7) is 7.89. The number of pyridine rings is 1. The second-order valence-electron chi connectivity index (χ2n) is 7.97. The number of carbonyl (C=O) groups is 1. The molecule has 0 N–H and O–H groups in total. The highest BCUT2D eigenvalue weighted by atomic mass is 16.2. The number of piperidine rings is 1. The molecule has 2 atom stereocenters. The first-order valence-corrected chi connectivity index (χ1v) is 9.68. The molecule has 136 valence electrons. The van der Waals surface area contributed by atoms with Gasteiger partial charge in [0.05, 0.1) is 5.56 Å². The maximum absolute atomic E-state index is 13.3. The van der Waals surface area contributed by atoms with Crippen molar-refractivity contribution in [2.24, 2.45) is 11.8 Å². The van der Waals surface area contributed by atoms with Crippen molar-refractivity contribution in [2.45, 2.75) is 33.2 Å². The van der Waals surface area contributed by atoms with Crippen molar-refractivity contribution in [3.63, 3.8) is 0 Å². The zero-order valence-electron chi connectivity index (χ0n) is 15.7. The Kier molecular flexibility index (Phi) is 4.66. The monoisotopic (exact) mass is 349 g/mol. The number of rotatable bonds is 2. The molecule has 1 aromatic heterocycles. The Morgan fingerprint density at radius 1 is 1.04 bits per heavy atom. The minimum absolute atomic E-state index is 0.130. The Morgan fingerprint density at radius 3 is 2.54 bits per heavy atom. The lowest BCUT2D eigenvalue weighted by molar-refractivity contribution is 0.0623. The van der Waals surface area contributed by atoms with Crippen molar-refractivity contribution in [3.8, 4) is 0 Å². The topological polar surface area (TPSA) is 36.4 Å². The molecule has 0 radical (unpaired) electrons. The molecule has 1 aromatic carbocycles. The zero-order valence-corrected chi connectivity index (χ0v) is 15.7. The normalized spacial score (nSPS) is 22.8. The molecule has 2 aromatic rings. The van der Waals surface area contributed by atoms with Crippen molar-refractivity contribution >= 4 is 11.7 Å². The first kappa shape index (κ1) is 17.1. The summed E-state index contributed by atoms with van der Waals surface area (Å²) in [5.74, 6) is 2.08. The van der Waals surface area contributed by atoms with Gasteiger partial charge in [0.1, 0.15) is 5.82 Å². The number of amides is 1. The van der Waals surface area contributed by atoms with Crippen LogP contribution in [0.1, 0.15) is 41.8 Å². The predicted molar refractivity (Wildman–Crippen MR) is 104 cm³/mol. The van der Waals surface area contributed by atoms with Crippen LogP contribution in [0.15, 0.2) is 42.6 Å². The number of carbonyl (C=O) groups excluding carboxylic acids is 1. The molecule has 0 spiro atoms. The summed E-state index contributed by atoms with van der Waals surface area (Å²) >= 11 is 0. The van der Waals surface area contributed by atoms with Crippen LogP contribution in [0.5, 0.6) is 0 Å². The summed E-state index contributed by atoms with van der Waals surface area (Å²) in [5.41, 5.74) is 3.49. The molecule has 1 fully saturated rings. The van der Waals surface area contributed by atoms with Gasteiger partial charge in [-0.2, -0.15) is 0 Å². The van der Waals surface area contributed by atoms with Gasteiger partial charge >= 0.3 is 0 Å². The van der Waals surface area contributed by atoms with E-state index in [1.165, 1.54) is 17.5 Å². The van der Waals surface area contributed by atoms with Crippen LogP contribution in [0, 0.1) is 11.8 Å². The van der Waals surface area contributed by atoms with Crippen molar-refractivity contribution in [1.82, 2.24) is 9.88 Å². The van der Waals surface area contributed by atoms with E-state index in [2.05, 4.69) is 48.0 Å². The van der Waals surface area contributed by atoms with Crippen LogP contribution in [0.4, 0.5) is 5.82 Å². The highest BCUT2D eigenvalue weighted by Crippen LogP contribution is 2.28.